The van der Waals surface area contributed by atoms with Crippen LogP contribution in [0, 0.1) is 0 Å². The minimum atomic E-state index is -3.57. The molecule has 1 aliphatic rings. The van der Waals surface area contributed by atoms with Crippen molar-refractivity contribution in [2.75, 3.05) is 25.2 Å². The van der Waals surface area contributed by atoms with Crippen LogP contribution in [0.1, 0.15) is 13.3 Å². The number of nitrogens with zero attached hydrogens (tertiary/aromatic N) is 1. The summed E-state index contributed by atoms with van der Waals surface area (Å²) in [6.07, 6.45) is 0.598. The molecule has 1 N–H and O–H groups in total. The largest absolute Gasteiger partial charge is 0.480 e. The van der Waals surface area contributed by atoms with Crippen molar-refractivity contribution in [1.29, 1.82) is 0 Å². The van der Waals surface area contributed by atoms with Crippen LogP contribution in [0.3, 0.4) is 0 Å². The summed E-state index contributed by atoms with van der Waals surface area (Å²) in [5.41, 5.74) is 0. The molecule has 1 aliphatic heterocycles. The highest BCUT2D eigenvalue weighted by molar-refractivity contribution is 8.01. The molecule has 0 aromatic carbocycles. The fourth-order valence-electron chi connectivity index (χ4n) is 1.69. The zero-order valence-electron chi connectivity index (χ0n) is 9.83. The standard InChI is InChI=1S/C9H17NO5S2/c1-3-8-10(7(6-16-8)9(11)12)17(13,14)5-4-15-2/h7-8H,3-6H2,1-2H3,(H,11,12). The Kier molecular flexibility index (Phi) is 5.23. The van der Waals surface area contributed by atoms with E-state index in [1.54, 1.807) is 0 Å². The summed E-state index contributed by atoms with van der Waals surface area (Å²) in [6.45, 7) is 1.92. The predicted molar refractivity (Wildman–Crippen MR) is 65.5 cm³/mol. The van der Waals surface area contributed by atoms with E-state index in [2.05, 4.69) is 0 Å². The first-order valence-electron chi connectivity index (χ1n) is 5.28. The van der Waals surface area contributed by atoms with Crippen LogP contribution >= 0.6 is 11.8 Å². The molecule has 2 atom stereocenters. The van der Waals surface area contributed by atoms with E-state index in [4.69, 9.17) is 9.84 Å². The molecule has 0 aromatic rings. The maximum Gasteiger partial charge on any atom is 0.322 e. The molecule has 6 nitrogen and oxygen atoms in total. The number of hydrogen-bond donors (Lipinski definition) is 1. The first-order chi connectivity index (χ1) is 7.94. The van der Waals surface area contributed by atoms with Crippen molar-refractivity contribution in [3.05, 3.63) is 0 Å². The van der Waals surface area contributed by atoms with Gasteiger partial charge in [-0.3, -0.25) is 4.79 Å². The zero-order valence-corrected chi connectivity index (χ0v) is 11.5. The van der Waals surface area contributed by atoms with Crippen molar-refractivity contribution in [2.45, 2.75) is 24.8 Å². The highest BCUT2D eigenvalue weighted by Crippen LogP contribution is 2.33. The van der Waals surface area contributed by atoms with Crippen molar-refractivity contribution in [1.82, 2.24) is 4.31 Å². The molecule has 2 unspecified atom stereocenters. The van der Waals surface area contributed by atoms with Gasteiger partial charge in [-0.25, -0.2) is 8.42 Å². The summed E-state index contributed by atoms with van der Waals surface area (Å²) in [4.78, 5) is 11.0. The number of sulfonamides is 1. The Labute approximate surface area is 105 Å². The van der Waals surface area contributed by atoms with E-state index < -0.39 is 22.0 Å². The Bertz CT molecular complexity index is 370. The van der Waals surface area contributed by atoms with Crippen LogP contribution in [0.2, 0.25) is 0 Å². The molecule has 0 radical (unpaired) electrons. The number of rotatable bonds is 6. The second-order valence-corrected chi connectivity index (χ2v) is 6.89. The molecule has 1 rings (SSSR count). The number of carbonyl (C=O) groups is 1. The number of carboxylic acid groups (broad SMARTS) is 1. The Morgan fingerprint density at radius 2 is 2.24 bits per heavy atom. The van der Waals surface area contributed by atoms with Crippen LogP contribution in [0.5, 0.6) is 0 Å². The lowest BCUT2D eigenvalue weighted by atomic mass is 10.3. The van der Waals surface area contributed by atoms with Crippen molar-refractivity contribution in [3.8, 4) is 0 Å². The molecule has 0 bridgehead atoms. The second kappa shape index (κ2) is 6.03. The molecule has 0 aliphatic carbocycles. The zero-order chi connectivity index (χ0) is 13.1. The number of thioether (sulfide) groups is 1. The van der Waals surface area contributed by atoms with Crippen LogP contribution in [0.4, 0.5) is 0 Å². The van der Waals surface area contributed by atoms with Gasteiger partial charge in [0.2, 0.25) is 10.0 Å². The topological polar surface area (TPSA) is 83.9 Å². The number of methoxy groups -OCH3 is 1. The second-order valence-electron chi connectivity index (χ2n) is 3.69. The van der Waals surface area contributed by atoms with Crippen molar-refractivity contribution >= 4 is 27.8 Å². The molecule has 17 heavy (non-hydrogen) atoms. The Morgan fingerprint density at radius 3 is 2.71 bits per heavy atom. The summed E-state index contributed by atoms with van der Waals surface area (Å²) >= 11 is 1.37. The Hall–Kier alpha value is -0.310. The molecule has 0 saturated carbocycles. The number of ether oxygens (including phenoxy) is 1. The molecule has 100 valence electrons. The fourth-order valence-corrected chi connectivity index (χ4v) is 5.25. The summed E-state index contributed by atoms with van der Waals surface area (Å²) in [7, 11) is -2.15. The summed E-state index contributed by atoms with van der Waals surface area (Å²) in [5.74, 6) is -0.959. The summed E-state index contributed by atoms with van der Waals surface area (Å²) in [6, 6.07) is -0.952. The summed E-state index contributed by atoms with van der Waals surface area (Å²) in [5, 5.41) is 8.76. The van der Waals surface area contributed by atoms with Gasteiger partial charge in [-0.1, -0.05) is 6.92 Å². The monoisotopic (exact) mass is 283 g/mol. The van der Waals surface area contributed by atoms with Crippen molar-refractivity contribution in [2.24, 2.45) is 0 Å². The third-order valence-corrected chi connectivity index (χ3v) is 5.96. The van der Waals surface area contributed by atoms with E-state index in [1.165, 1.54) is 18.9 Å². The molecule has 1 saturated heterocycles. The third kappa shape index (κ3) is 3.34. The van der Waals surface area contributed by atoms with Gasteiger partial charge in [0.25, 0.3) is 0 Å². The summed E-state index contributed by atoms with van der Waals surface area (Å²) < 4.78 is 30.0. The van der Waals surface area contributed by atoms with E-state index in [1.807, 2.05) is 6.92 Å². The smallest absolute Gasteiger partial charge is 0.322 e. The molecule has 1 heterocycles. The van der Waals surface area contributed by atoms with Gasteiger partial charge in [0.1, 0.15) is 6.04 Å². The molecule has 0 aromatic heterocycles. The van der Waals surface area contributed by atoms with Crippen LogP contribution in [0.15, 0.2) is 0 Å². The van der Waals surface area contributed by atoms with Crippen LogP contribution < -0.4 is 0 Å². The van der Waals surface area contributed by atoms with Crippen LogP contribution in [-0.2, 0) is 19.6 Å². The lowest BCUT2D eigenvalue weighted by Crippen LogP contribution is -2.46. The number of hydrogen-bond acceptors (Lipinski definition) is 5. The van der Waals surface area contributed by atoms with E-state index in [-0.39, 0.29) is 17.7 Å². The van der Waals surface area contributed by atoms with E-state index >= 15 is 0 Å². The molecule has 1 fully saturated rings. The quantitative estimate of drug-likeness (QED) is 0.749. The number of aliphatic carboxylic acids is 1. The lowest BCUT2D eigenvalue weighted by Gasteiger charge is -2.25. The SMILES string of the molecule is CCC1SCC(C(=O)O)N1S(=O)(=O)CCOC. The van der Waals surface area contributed by atoms with Gasteiger partial charge in [-0.05, 0) is 6.42 Å². The molecular formula is C9H17NO5S2. The third-order valence-electron chi connectivity index (χ3n) is 2.54. The maximum absolute atomic E-state index is 12.0. The van der Waals surface area contributed by atoms with Gasteiger partial charge < -0.3 is 9.84 Å². The normalized spacial score (nSPS) is 26.2. The average molecular weight is 283 g/mol. The lowest BCUT2D eigenvalue weighted by molar-refractivity contribution is -0.140. The number of carboxylic acids is 1. The van der Waals surface area contributed by atoms with Gasteiger partial charge in [0, 0.05) is 12.9 Å². The van der Waals surface area contributed by atoms with Gasteiger partial charge in [0.05, 0.1) is 17.7 Å². The first-order valence-corrected chi connectivity index (χ1v) is 7.94. The minimum Gasteiger partial charge on any atom is -0.480 e. The van der Waals surface area contributed by atoms with Crippen molar-refractivity contribution < 1.29 is 23.1 Å². The highest BCUT2D eigenvalue weighted by Gasteiger charge is 2.44. The van der Waals surface area contributed by atoms with Gasteiger partial charge in [0.15, 0.2) is 0 Å². The van der Waals surface area contributed by atoms with E-state index in [0.29, 0.717) is 12.2 Å². The van der Waals surface area contributed by atoms with E-state index in [0.717, 1.165) is 4.31 Å². The molecule has 0 amide bonds. The van der Waals surface area contributed by atoms with Crippen molar-refractivity contribution in [3.63, 3.8) is 0 Å². The molecule has 0 spiro atoms. The maximum atomic E-state index is 12.0. The Balaban J connectivity index is 2.92. The van der Waals surface area contributed by atoms with Gasteiger partial charge in [-0.2, -0.15) is 4.31 Å². The molecular weight excluding hydrogens is 266 g/mol. The van der Waals surface area contributed by atoms with Gasteiger partial charge in [-0.15, -0.1) is 11.8 Å². The van der Waals surface area contributed by atoms with Crippen LogP contribution in [0.25, 0.3) is 0 Å². The van der Waals surface area contributed by atoms with Crippen LogP contribution in [-0.4, -0.2) is 60.4 Å². The predicted octanol–water partition coefficient (Wildman–Crippen LogP) is 0.201. The minimum absolute atomic E-state index is 0.0757. The Morgan fingerprint density at radius 1 is 1.59 bits per heavy atom. The fraction of sp³-hybridized carbons (Fsp3) is 0.889. The highest BCUT2D eigenvalue weighted by atomic mass is 32.2. The van der Waals surface area contributed by atoms with E-state index in [9.17, 15) is 13.2 Å². The average Bonchev–Trinajstić information content (AvgIpc) is 2.70. The molecule has 8 heteroatoms. The van der Waals surface area contributed by atoms with Gasteiger partial charge >= 0.3 is 5.97 Å². The first kappa shape index (κ1) is 14.7.